The van der Waals surface area contributed by atoms with Crippen molar-refractivity contribution in [2.24, 2.45) is 0 Å². The van der Waals surface area contributed by atoms with E-state index < -0.39 is 8.25 Å². The zero-order chi connectivity index (χ0) is 22.0. The van der Waals surface area contributed by atoms with Crippen molar-refractivity contribution in [3.8, 4) is 5.75 Å². The molecule has 1 aromatic rings. The van der Waals surface area contributed by atoms with Gasteiger partial charge in [-0.1, -0.05) is 89.3 Å². The van der Waals surface area contributed by atoms with E-state index in [9.17, 15) is 9.46 Å². The van der Waals surface area contributed by atoms with E-state index >= 15 is 0 Å². The number of hydrogen-bond acceptors (Lipinski definition) is 3. The molecule has 0 aliphatic rings. The minimum atomic E-state index is -3.11. The molecule has 0 aliphatic carbocycles. The van der Waals surface area contributed by atoms with Crippen LogP contribution in [-0.4, -0.2) is 32.2 Å². The summed E-state index contributed by atoms with van der Waals surface area (Å²) in [6.45, 7) is 5.41. The summed E-state index contributed by atoms with van der Waals surface area (Å²) in [6.07, 6.45) is 17.4. The van der Waals surface area contributed by atoms with Crippen LogP contribution in [0.25, 0.3) is 0 Å². The van der Waals surface area contributed by atoms with Crippen LogP contribution in [0.4, 0.5) is 0 Å². The first-order valence-electron chi connectivity index (χ1n) is 11.5. The minimum absolute atomic E-state index is 0.409. The lowest BCUT2D eigenvalue weighted by molar-refractivity contribution is -0.870. The Labute approximate surface area is 181 Å². The van der Waals surface area contributed by atoms with E-state index in [2.05, 4.69) is 32.6 Å². The molecule has 0 aliphatic heterocycles. The molecule has 0 N–H and O–H groups in total. The van der Waals surface area contributed by atoms with E-state index in [4.69, 9.17) is 0 Å². The number of quaternary nitrogens is 1. The summed E-state index contributed by atoms with van der Waals surface area (Å²) >= 11 is 0. The van der Waals surface area contributed by atoms with Gasteiger partial charge in [-0.05, 0) is 31.4 Å². The number of aryl methyl sites for hydroxylation is 1. The third-order valence-corrected chi connectivity index (χ3v) is 5.36. The molecule has 0 saturated carbocycles. The Hall–Kier alpha value is -0.830. The van der Waals surface area contributed by atoms with Crippen molar-refractivity contribution in [2.75, 3.05) is 27.7 Å². The van der Waals surface area contributed by atoms with Gasteiger partial charge in [0, 0.05) is 0 Å². The molecule has 0 saturated heterocycles. The topological polar surface area (TPSA) is 49.4 Å². The van der Waals surface area contributed by atoms with Gasteiger partial charge in [0.1, 0.15) is 5.75 Å². The third-order valence-electron chi connectivity index (χ3n) is 4.97. The first-order chi connectivity index (χ1) is 13.8. The summed E-state index contributed by atoms with van der Waals surface area (Å²) in [7, 11) is 3.76. The van der Waals surface area contributed by atoms with Crippen LogP contribution < -0.4 is 9.42 Å². The summed E-state index contributed by atoms with van der Waals surface area (Å²) < 4.78 is 15.8. The Kier molecular flexibility index (Phi) is 17.5. The highest BCUT2D eigenvalue weighted by Crippen LogP contribution is 2.23. The maximum Gasteiger partial charge on any atom is 0.172 e. The molecule has 1 atom stereocenters. The number of rotatable bonds is 15. The fourth-order valence-corrected chi connectivity index (χ4v) is 3.60. The van der Waals surface area contributed by atoms with E-state index in [1.807, 2.05) is 6.07 Å². The molecule has 0 fully saturated rings. The highest BCUT2D eigenvalue weighted by molar-refractivity contribution is 7.31. The van der Waals surface area contributed by atoms with Gasteiger partial charge >= 0.3 is 0 Å². The minimum Gasteiger partial charge on any atom is -0.771 e. The number of unbranched alkanes of at least 4 members (excludes halogenated alkanes) is 11. The molecule has 0 spiro atoms. The molecule has 1 rings (SSSR count). The zero-order valence-electron chi connectivity index (χ0n) is 19.7. The molecule has 29 heavy (non-hydrogen) atoms. The van der Waals surface area contributed by atoms with Crippen LogP contribution in [0.3, 0.4) is 0 Å². The molecule has 0 aromatic heterocycles. The Morgan fingerprint density at radius 1 is 0.828 bits per heavy atom. The average molecular weight is 428 g/mol. The van der Waals surface area contributed by atoms with E-state index in [0.717, 1.165) is 10.0 Å². The van der Waals surface area contributed by atoms with Gasteiger partial charge in [-0.15, -0.1) is 0 Å². The highest BCUT2D eigenvalue weighted by atomic mass is 31.1. The molecule has 5 heteroatoms. The van der Waals surface area contributed by atoms with Crippen LogP contribution in [0.1, 0.15) is 89.5 Å². The Bertz CT molecular complexity index is 529. The van der Waals surface area contributed by atoms with Gasteiger partial charge in [0.05, 0.1) is 27.7 Å². The van der Waals surface area contributed by atoms with Gasteiger partial charge in [0.15, 0.2) is 8.25 Å². The molecule has 4 nitrogen and oxygen atoms in total. The van der Waals surface area contributed by atoms with Gasteiger partial charge in [-0.2, -0.15) is 0 Å². The second-order valence-corrected chi connectivity index (χ2v) is 9.72. The van der Waals surface area contributed by atoms with E-state index in [-0.39, 0.29) is 0 Å². The highest BCUT2D eigenvalue weighted by Gasteiger charge is 2.04. The van der Waals surface area contributed by atoms with Crippen LogP contribution >= 0.6 is 8.25 Å². The zero-order valence-corrected chi connectivity index (χ0v) is 20.7. The first kappa shape index (κ1) is 28.2. The van der Waals surface area contributed by atoms with Gasteiger partial charge in [0.2, 0.25) is 0 Å². The van der Waals surface area contributed by atoms with E-state index in [1.165, 1.54) is 83.6 Å². The van der Waals surface area contributed by atoms with Crippen molar-refractivity contribution < 1.29 is 18.5 Å². The van der Waals surface area contributed by atoms with Gasteiger partial charge < -0.3 is 13.9 Å². The SMILES string of the molecule is CCCCCCCCCCCCCC[N+](C)(C)C.Cc1ccccc1O[PH](=O)[O-]. The number of benzene rings is 1. The smallest absolute Gasteiger partial charge is 0.172 e. The van der Waals surface area contributed by atoms with Crippen LogP contribution in [0.2, 0.25) is 0 Å². The summed E-state index contributed by atoms with van der Waals surface area (Å²) in [5.74, 6) is 0.409. The van der Waals surface area contributed by atoms with Crippen molar-refractivity contribution in [2.45, 2.75) is 90.9 Å². The molecule has 0 radical (unpaired) electrons. The fourth-order valence-electron chi connectivity index (χ4n) is 3.19. The number of para-hydroxylation sites is 1. The quantitative estimate of drug-likeness (QED) is 0.182. The second kappa shape index (κ2) is 18.0. The Morgan fingerprint density at radius 3 is 1.69 bits per heavy atom. The van der Waals surface area contributed by atoms with Crippen molar-refractivity contribution in [1.82, 2.24) is 0 Å². The fraction of sp³-hybridized carbons (Fsp3) is 0.750. The second-order valence-electron chi connectivity index (χ2n) is 9.02. The van der Waals surface area contributed by atoms with Crippen LogP contribution in [0.5, 0.6) is 5.75 Å². The Morgan fingerprint density at radius 2 is 1.28 bits per heavy atom. The van der Waals surface area contributed by atoms with Crippen molar-refractivity contribution in [1.29, 1.82) is 0 Å². The molecular weight excluding hydrogens is 381 g/mol. The summed E-state index contributed by atoms with van der Waals surface area (Å²) in [6, 6.07) is 6.97. The van der Waals surface area contributed by atoms with Gasteiger partial charge in [0.25, 0.3) is 0 Å². The molecule has 0 bridgehead atoms. The molecule has 1 aromatic carbocycles. The lowest BCUT2D eigenvalue weighted by atomic mass is 10.1. The Balaban J connectivity index is 0.000000604. The number of nitrogens with zero attached hydrogens (tertiary/aromatic N) is 1. The first-order valence-corrected chi connectivity index (χ1v) is 12.7. The van der Waals surface area contributed by atoms with Crippen LogP contribution in [0, 0.1) is 6.92 Å². The van der Waals surface area contributed by atoms with Crippen molar-refractivity contribution >= 4 is 8.25 Å². The molecule has 0 amide bonds. The predicted molar refractivity (Wildman–Crippen MR) is 125 cm³/mol. The van der Waals surface area contributed by atoms with Crippen LogP contribution in [-0.2, 0) is 4.57 Å². The normalized spacial score (nSPS) is 12.2. The predicted octanol–water partition coefficient (Wildman–Crippen LogP) is 6.52. The lowest BCUT2D eigenvalue weighted by Crippen LogP contribution is -2.35. The largest absolute Gasteiger partial charge is 0.771 e. The maximum absolute atomic E-state index is 10.2. The van der Waals surface area contributed by atoms with Crippen molar-refractivity contribution in [3.63, 3.8) is 0 Å². The van der Waals surface area contributed by atoms with E-state index in [1.54, 1.807) is 25.1 Å². The third kappa shape index (κ3) is 20.2. The van der Waals surface area contributed by atoms with Crippen LogP contribution in [0.15, 0.2) is 24.3 Å². The summed E-state index contributed by atoms with van der Waals surface area (Å²) in [5.41, 5.74) is 0.821. The average Bonchev–Trinajstić information content (AvgIpc) is 2.64. The molecule has 0 heterocycles. The lowest BCUT2D eigenvalue weighted by Gasteiger charge is -2.23. The molecular formula is C24H46NO3P. The van der Waals surface area contributed by atoms with E-state index in [0.29, 0.717) is 5.75 Å². The summed E-state index contributed by atoms with van der Waals surface area (Å²) in [5, 5.41) is 0. The summed E-state index contributed by atoms with van der Waals surface area (Å²) in [4.78, 5) is 10.2. The standard InChI is InChI=1S/C17H38N.C7H9O3P/c1-5-6-7-8-9-10-11-12-13-14-15-16-17-18(2,3)4;1-6-4-2-3-5-7(6)10-11(8)9/h5-17H2,1-4H3;2-5,11H,1H3,(H,8,9)/q+1;/p-1. The molecule has 170 valence electrons. The maximum atomic E-state index is 10.2. The monoisotopic (exact) mass is 427 g/mol. The van der Waals surface area contributed by atoms with Crippen molar-refractivity contribution in [3.05, 3.63) is 29.8 Å². The molecule has 1 unspecified atom stereocenters. The number of hydrogen-bond donors (Lipinski definition) is 0. The van der Waals surface area contributed by atoms with Gasteiger partial charge in [-0.25, -0.2) is 0 Å². The van der Waals surface area contributed by atoms with Gasteiger partial charge in [-0.3, -0.25) is 4.57 Å².